The molecule has 1 rings (SSSR count). The van der Waals surface area contributed by atoms with Crippen LogP contribution in [-0.2, 0) is 6.54 Å². The molecule has 0 spiro atoms. The van der Waals surface area contributed by atoms with E-state index in [2.05, 4.69) is 18.8 Å². The molecule has 1 aromatic rings. The Morgan fingerprint density at radius 3 is 2.69 bits per heavy atom. The Bertz CT molecular complexity index is 264. The fraction of sp³-hybridized carbons (Fsp3) is 0.600. The average Bonchev–Trinajstić information content (AvgIpc) is 2.61. The quantitative estimate of drug-likeness (QED) is 0.650. The summed E-state index contributed by atoms with van der Waals surface area (Å²) in [7, 11) is 0. The maximum absolute atomic E-state index is 10.4. The summed E-state index contributed by atoms with van der Waals surface area (Å²) in [5.41, 5.74) is 0.519. The van der Waals surface area contributed by atoms with E-state index in [1.54, 1.807) is 12.5 Å². The second-order valence-electron chi connectivity index (χ2n) is 3.30. The molecule has 0 saturated carbocycles. The number of carbonyl (C=O) groups is 1. The van der Waals surface area contributed by atoms with Gasteiger partial charge < -0.3 is 4.57 Å². The third kappa shape index (κ3) is 2.68. The molecular weight excluding hydrogens is 164 g/mol. The van der Waals surface area contributed by atoms with E-state index in [9.17, 15) is 4.79 Å². The highest BCUT2D eigenvalue weighted by Crippen LogP contribution is 2.10. The molecule has 13 heavy (non-hydrogen) atoms. The Labute approximate surface area is 78.8 Å². The van der Waals surface area contributed by atoms with Crippen molar-refractivity contribution < 1.29 is 4.79 Å². The molecule has 3 nitrogen and oxygen atoms in total. The molecular formula is C10H16N2O. The summed E-state index contributed by atoms with van der Waals surface area (Å²) in [6.07, 6.45) is 6.65. The molecule has 1 aromatic heterocycles. The smallest absolute Gasteiger partial charge is 0.169 e. The summed E-state index contributed by atoms with van der Waals surface area (Å²) in [6.45, 7) is 5.34. The Morgan fingerprint density at radius 1 is 1.54 bits per heavy atom. The summed E-state index contributed by atoms with van der Waals surface area (Å²) >= 11 is 0. The van der Waals surface area contributed by atoms with Crippen LogP contribution in [0.4, 0.5) is 0 Å². The van der Waals surface area contributed by atoms with Gasteiger partial charge in [-0.1, -0.05) is 26.7 Å². The molecule has 1 heterocycles. The molecule has 0 aromatic carbocycles. The van der Waals surface area contributed by atoms with Crippen LogP contribution in [0.5, 0.6) is 0 Å². The van der Waals surface area contributed by atoms with Crippen LogP contribution in [0.25, 0.3) is 0 Å². The molecule has 0 fully saturated rings. The Hall–Kier alpha value is -1.12. The maximum Gasteiger partial charge on any atom is 0.169 e. The van der Waals surface area contributed by atoms with E-state index in [1.807, 2.05) is 4.57 Å². The van der Waals surface area contributed by atoms with E-state index in [1.165, 1.54) is 12.8 Å². The molecule has 0 aliphatic carbocycles. The lowest BCUT2D eigenvalue weighted by molar-refractivity contribution is 0.111. The topological polar surface area (TPSA) is 34.9 Å². The molecule has 72 valence electrons. The summed E-state index contributed by atoms with van der Waals surface area (Å²) < 4.78 is 1.99. The van der Waals surface area contributed by atoms with Crippen LogP contribution < -0.4 is 0 Å². The van der Waals surface area contributed by atoms with Gasteiger partial charge in [0.25, 0.3) is 0 Å². The van der Waals surface area contributed by atoms with Gasteiger partial charge in [0.1, 0.15) is 5.69 Å². The van der Waals surface area contributed by atoms with Crippen molar-refractivity contribution in [1.82, 2.24) is 9.55 Å². The fourth-order valence-corrected chi connectivity index (χ4v) is 1.38. The van der Waals surface area contributed by atoms with Crippen molar-refractivity contribution in [3.8, 4) is 0 Å². The largest absolute Gasteiger partial charge is 0.336 e. The van der Waals surface area contributed by atoms with Gasteiger partial charge in [-0.05, 0) is 5.92 Å². The number of hydrogen-bond donors (Lipinski definition) is 0. The first-order valence-corrected chi connectivity index (χ1v) is 4.77. The first-order chi connectivity index (χ1) is 6.30. The molecule has 0 atom stereocenters. The highest BCUT2D eigenvalue weighted by molar-refractivity contribution is 5.70. The molecule has 0 amide bonds. The zero-order valence-corrected chi connectivity index (χ0v) is 8.23. The average molecular weight is 180 g/mol. The van der Waals surface area contributed by atoms with Crippen molar-refractivity contribution in [2.75, 3.05) is 0 Å². The van der Waals surface area contributed by atoms with E-state index >= 15 is 0 Å². The SMILES string of the molecule is CCC(CC)Cn1cnc(C=O)c1. The van der Waals surface area contributed by atoms with Crippen molar-refractivity contribution >= 4 is 6.29 Å². The Kier molecular flexibility index (Phi) is 3.68. The number of aldehydes is 1. The number of carbonyl (C=O) groups excluding carboxylic acids is 1. The minimum Gasteiger partial charge on any atom is -0.336 e. The molecule has 0 radical (unpaired) electrons. The molecule has 0 N–H and O–H groups in total. The predicted octanol–water partition coefficient (Wildman–Crippen LogP) is 2.13. The number of hydrogen-bond acceptors (Lipinski definition) is 2. The lowest BCUT2D eigenvalue weighted by atomic mass is 10.0. The minimum atomic E-state index is 0.519. The number of nitrogens with zero attached hydrogens (tertiary/aromatic N) is 2. The lowest BCUT2D eigenvalue weighted by Gasteiger charge is -2.11. The van der Waals surface area contributed by atoms with E-state index in [4.69, 9.17) is 0 Å². The number of rotatable bonds is 5. The van der Waals surface area contributed by atoms with Gasteiger partial charge in [-0.3, -0.25) is 4.79 Å². The maximum atomic E-state index is 10.4. The van der Waals surface area contributed by atoms with Crippen LogP contribution in [0.2, 0.25) is 0 Å². The first-order valence-electron chi connectivity index (χ1n) is 4.77. The molecule has 0 bridgehead atoms. The van der Waals surface area contributed by atoms with Gasteiger partial charge in [0.15, 0.2) is 6.29 Å². The van der Waals surface area contributed by atoms with Gasteiger partial charge >= 0.3 is 0 Å². The van der Waals surface area contributed by atoms with Crippen molar-refractivity contribution in [3.05, 3.63) is 18.2 Å². The van der Waals surface area contributed by atoms with E-state index in [-0.39, 0.29) is 0 Å². The summed E-state index contributed by atoms with van der Waals surface area (Å²) in [5.74, 6) is 0.689. The predicted molar refractivity (Wildman–Crippen MR) is 51.7 cm³/mol. The van der Waals surface area contributed by atoms with E-state index in [0.717, 1.165) is 12.8 Å². The minimum absolute atomic E-state index is 0.519. The Morgan fingerprint density at radius 2 is 2.23 bits per heavy atom. The second kappa shape index (κ2) is 4.80. The van der Waals surface area contributed by atoms with Crippen LogP contribution in [0.1, 0.15) is 37.2 Å². The third-order valence-electron chi connectivity index (χ3n) is 2.40. The highest BCUT2D eigenvalue weighted by Gasteiger charge is 2.04. The lowest BCUT2D eigenvalue weighted by Crippen LogP contribution is -2.07. The van der Waals surface area contributed by atoms with Crippen LogP contribution in [0.15, 0.2) is 12.5 Å². The van der Waals surface area contributed by atoms with Crippen LogP contribution in [0.3, 0.4) is 0 Å². The summed E-state index contributed by atoms with van der Waals surface area (Å²) in [6, 6.07) is 0. The van der Waals surface area contributed by atoms with Gasteiger partial charge in [0, 0.05) is 12.7 Å². The van der Waals surface area contributed by atoms with Gasteiger partial charge in [-0.15, -0.1) is 0 Å². The molecule has 0 saturated heterocycles. The van der Waals surface area contributed by atoms with E-state index in [0.29, 0.717) is 11.6 Å². The highest BCUT2D eigenvalue weighted by atomic mass is 16.1. The number of imidazole rings is 1. The zero-order chi connectivity index (χ0) is 9.68. The number of aromatic nitrogens is 2. The monoisotopic (exact) mass is 180 g/mol. The van der Waals surface area contributed by atoms with Crippen molar-refractivity contribution in [2.24, 2.45) is 5.92 Å². The molecule has 0 unspecified atom stereocenters. The second-order valence-corrected chi connectivity index (χ2v) is 3.30. The van der Waals surface area contributed by atoms with Crippen molar-refractivity contribution in [1.29, 1.82) is 0 Å². The van der Waals surface area contributed by atoms with Gasteiger partial charge in [0.2, 0.25) is 0 Å². The van der Waals surface area contributed by atoms with Crippen LogP contribution >= 0.6 is 0 Å². The molecule has 0 aliphatic heterocycles. The summed E-state index contributed by atoms with van der Waals surface area (Å²) in [5, 5.41) is 0. The zero-order valence-electron chi connectivity index (χ0n) is 8.23. The molecule has 0 aliphatic rings. The van der Waals surface area contributed by atoms with Gasteiger partial charge in [0.05, 0.1) is 6.33 Å². The van der Waals surface area contributed by atoms with Crippen molar-refractivity contribution in [3.63, 3.8) is 0 Å². The summed E-state index contributed by atoms with van der Waals surface area (Å²) in [4.78, 5) is 14.3. The third-order valence-corrected chi connectivity index (χ3v) is 2.40. The fourth-order valence-electron chi connectivity index (χ4n) is 1.38. The van der Waals surface area contributed by atoms with E-state index < -0.39 is 0 Å². The van der Waals surface area contributed by atoms with Crippen LogP contribution in [0, 0.1) is 5.92 Å². The normalized spacial score (nSPS) is 10.7. The van der Waals surface area contributed by atoms with Crippen LogP contribution in [-0.4, -0.2) is 15.8 Å². The Balaban J connectivity index is 2.57. The van der Waals surface area contributed by atoms with Gasteiger partial charge in [-0.25, -0.2) is 4.98 Å². The first kappa shape index (κ1) is 9.96. The standard InChI is InChI=1S/C10H16N2O/c1-3-9(4-2)5-12-6-10(7-13)11-8-12/h6-9H,3-5H2,1-2H3. The molecule has 3 heteroatoms. The van der Waals surface area contributed by atoms with Gasteiger partial charge in [-0.2, -0.15) is 0 Å². The van der Waals surface area contributed by atoms with Crippen molar-refractivity contribution in [2.45, 2.75) is 33.2 Å².